The monoisotopic (exact) mass is 413 g/mol. The maximum atomic E-state index is 13.2. The molecule has 0 radical (unpaired) electrons. The van der Waals surface area contributed by atoms with Crippen LogP contribution in [-0.4, -0.2) is 70.0 Å². The highest BCUT2D eigenvalue weighted by atomic mass is 19.1. The molecule has 0 aliphatic heterocycles. The fourth-order valence-corrected chi connectivity index (χ4v) is 3.14. The summed E-state index contributed by atoms with van der Waals surface area (Å²) in [6.07, 6.45) is 0.768. The van der Waals surface area contributed by atoms with Crippen molar-refractivity contribution in [1.82, 2.24) is 20.4 Å². The highest BCUT2D eigenvalue weighted by Crippen LogP contribution is 2.17. The molecule has 30 heavy (non-hydrogen) atoms. The van der Waals surface area contributed by atoms with Crippen LogP contribution in [-0.2, 0) is 6.42 Å². The number of rotatable bonds is 8. The molecule has 0 aliphatic rings. The van der Waals surface area contributed by atoms with Gasteiger partial charge in [-0.25, -0.2) is 4.39 Å². The Bertz CT molecular complexity index is 849. The molecule has 0 heterocycles. The number of likely N-dealkylation sites (N-methyl/N-ethyl adjacent to an activating group) is 1. The molecule has 0 aliphatic carbocycles. The Morgan fingerprint density at radius 2 is 1.77 bits per heavy atom. The molecule has 0 spiro atoms. The predicted octanol–water partition coefficient (Wildman–Crippen LogP) is 2.54. The number of hydrogen-bond acceptors (Lipinski definition) is 3. The minimum absolute atomic E-state index is 0.00203. The number of nitrogens with one attached hydrogen (secondary N) is 2. The van der Waals surface area contributed by atoms with E-state index in [0.717, 1.165) is 17.5 Å². The number of benzene rings is 2. The molecule has 2 aromatic carbocycles. The molecule has 0 saturated carbocycles. The number of carbonyl (C=O) groups excluding carboxylic acids is 1. The zero-order valence-corrected chi connectivity index (χ0v) is 18.4. The SMILES string of the molecule is CN=C(NCCc1cccc(C(=O)N(C)C)c1)NCC(c1ccc(F)cc1)N(C)C. The number of carbonyl (C=O) groups is 1. The summed E-state index contributed by atoms with van der Waals surface area (Å²) in [6, 6.07) is 14.3. The number of halogens is 1. The van der Waals surface area contributed by atoms with Crippen LogP contribution in [0.2, 0.25) is 0 Å². The third-order valence-corrected chi connectivity index (χ3v) is 4.85. The molecule has 6 nitrogen and oxygen atoms in total. The molecular weight excluding hydrogens is 381 g/mol. The standard InChI is InChI=1S/C23H32FN5O/c1-25-23(27-16-21(28(2)3)18-9-11-20(24)12-10-18)26-14-13-17-7-6-8-19(15-17)22(30)29(4)5/h6-12,15,21H,13-14,16H2,1-5H3,(H2,25,26,27). The molecule has 7 heteroatoms. The predicted molar refractivity (Wildman–Crippen MR) is 120 cm³/mol. The summed E-state index contributed by atoms with van der Waals surface area (Å²) in [5.74, 6) is 0.459. The fourth-order valence-electron chi connectivity index (χ4n) is 3.14. The first kappa shape index (κ1) is 23.3. The fraction of sp³-hybridized carbons (Fsp3) is 0.391. The lowest BCUT2D eigenvalue weighted by Crippen LogP contribution is -2.42. The van der Waals surface area contributed by atoms with Gasteiger partial charge in [0.25, 0.3) is 5.91 Å². The van der Waals surface area contributed by atoms with Gasteiger partial charge in [0.2, 0.25) is 0 Å². The summed E-state index contributed by atoms with van der Waals surface area (Å²) in [7, 11) is 9.22. The van der Waals surface area contributed by atoms with Crippen LogP contribution in [0.15, 0.2) is 53.5 Å². The van der Waals surface area contributed by atoms with Crippen molar-refractivity contribution >= 4 is 11.9 Å². The molecule has 0 fully saturated rings. The van der Waals surface area contributed by atoms with Gasteiger partial charge >= 0.3 is 0 Å². The third-order valence-electron chi connectivity index (χ3n) is 4.85. The summed E-state index contributed by atoms with van der Waals surface area (Å²) in [4.78, 5) is 20.1. The number of hydrogen-bond donors (Lipinski definition) is 2. The lowest BCUT2D eigenvalue weighted by Gasteiger charge is -2.26. The minimum Gasteiger partial charge on any atom is -0.356 e. The van der Waals surface area contributed by atoms with Gasteiger partial charge in [0.15, 0.2) is 5.96 Å². The van der Waals surface area contributed by atoms with Crippen molar-refractivity contribution in [3.8, 4) is 0 Å². The molecule has 0 saturated heterocycles. The van der Waals surface area contributed by atoms with Crippen molar-refractivity contribution in [3.05, 3.63) is 71.0 Å². The van der Waals surface area contributed by atoms with Gasteiger partial charge in [-0.3, -0.25) is 9.79 Å². The lowest BCUT2D eigenvalue weighted by molar-refractivity contribution is 0.0827. The molecule has 162 valence electrons. The molecule has 1 amide bonds. The van der Waals surface area contributed by atoms with E-state index in [1.165, 1.54) is 12.1 Å². The van der Waals surface area contributed by atoms with E-state index < -0.39 is 0 Å². The van der Waals surface area contributed by atoms with Crippen molar-refractivity contribution in [1.29, 1.82) is 0 Å². The van der Waals surface area contributed by atoms with Gasteiger partial charge in [-0.05, 0) is 55.9 Å². The molecule has 1 unspecified atom stereocenters. The van der Waals surface area contributed by atoms with Crippen molar-refractivity contribution in [2.75, 3.05) is 48.3 Å². The summed E-state index contributed by atoms with van der Waals surface area (Å²) >= 11 is 0. The minimum atomic E-state index is -0.238. The van der Waals surface area contributed by atoms with Gasteiger partial charge in [-0.1, -0.05) is 24.3 Å². The van der Waals surface area contributed by atoms with Crippen molar-refractivity contribution in [2.45, 2.75) is 12.5 Å². The van der Waals surface area contributed by atoms with Crippen LogP contribution in [0, 0.1) is 5.82 Å². The molecular formula is C23H32FN5O. The van der Waals surface area contributed by atoms with Gasteiger partial charge in [-0.2, -0.15) is 0 Å². The highest BCUT2D eigenvalue weighted by molar-refractivity contribution is 5.94. The second-order valence-electron chi connectivity index (χ2n) is 7.56. The Balaban J connectivity index is 1.89. The van der Waals surface area contributed by atoms with Gasteiger partial charge in [0.05, 0.1) is 6.04 Å². The second-order valence-corrected chi connectivity index (χ2v) is 7.56. The summed E-state index contributed by atoms with van der Waals surface area (Å²) in [5, 5.41) is 6.65. The highest BCUT2D eigenvalue weighted by Gasteiger charge is 2.15. The maximum Gasteiger partial charge on any atom is 0.253 e. The van der Waals surface area contributed by atoms with E-state index in [2.05, 4.69) is 20.5 Å². The van der Waals surface area contributed by atoms with E-state index in [9.17, 15) is 9.18 Å². The van der Waals surface area contributed by atoms with Gasteiger partial charge in [0.1, 0.15) is 5.82 Å². The van der Waals surface area contributed by atoms with Crippen LogP contribution in [0.3, 0.4) is 0 Å². The Hall–Kier alpha value is -2.93. The average molecular weight is 414 g/mol. The summed E-state index contributed by atoms with van der Waals surface area (Å²) in [6.45, 7) is 1.31. The van der Waals surface area contributed by atoms with Crippen LogP contribution in [0.25, 0.3) is 0 Å². The molecule has 0 aromatic heterocycles. The van der Waals surface area contributed by atoms with E-state index in [-0.39, 0.29) is 17.8 Å². The van der Waals surface area contributed by atoms with Crippen molar-refractivity contribution in [2.24, 2.45) is 4.99 Å². The Kier molecular flexibility index (Phi) is 8.80. The summed E-state index contributed by atoms with van der Waals surface area (Å²) < 4.78 is 13.2. The first-order chi connectivity index (χ1) is 14.3. The van der Waals surface area contributed by atoms with E-state index in [1.807, 2.05) is 38.4 Å². The first-order valence-corrected chi connectivity index (χ1v) is 9.98. The molecule has 0 bridgehead atoms. The van der Waals surface area contributed by atoms with Crippen molar-refractivity contribution < 1.29 is 9.18 Å². The van der Waals surface area contributed by atoms with Gasteiger partial charge < -0.3 is 20.4 Å². The smallest absolute Gasteiger partial charge is 0.253 e. The second kappa shape index (κ2) is 11.3. The van der Waals surface area contributed by atoms with E-state index in [4.69, 9.17) is 0 Å². The van der Waals surface area contributed by atoms with E-state index >= 15 is 0 Å². The van der Waals surface area contributed by atoms with Crippen molar-refractivity contribution in [3.63, 3.8) is 0 Å². The van der Waals surface area contributed by atoms with Crippen LogP contribution in [0.4, 0.5) is 4.39 Å². The molecule has 1 atom stereocenters. The van der Waals surface area contributed by atoms with Gasteiger partial charge in [0, 0.05) is 39.8 Å². The lowest BCUT2D eigenvalue weighted by atomic mass is 10.1. The Labute approximate surface area is 178 Å². The van der Waals surface area contributed by atoms with Crippen LogP contribution in [0.1, 0.15) is 27.5 Å². The topological polar surface area (TPSA) is 60.0 Å². The Morgan fingerprint density at radius 3 is 2.37 bits per heavy atom. The maximum absolute atomic E-state index is 13.2. The summed E-state index contributed by atoms with van der Waals surface area (Å²) in [5.41, 5.74) is 2.81. The van der Waals surface area contributed by atoms with Crippen LogP contribution < -0.4 is 10.6 Å². The van der Waals surface area contributed by atoms with Crippen LogP contribution in [0.5, 0.6) is 0 Å². The quantitative estimate of drug-likeness (QED) is 0.516. The molecule has 2 rings (SSSR count). The normalized spacial score (nSPS) is 12.6. The molecule has 2 N–H and O–H groups in total. The average Bonchev–Trinajstić information content (AvgIpc) is 2.73. The number of aliphatic imine (C=N–C) groups is 1. The zero-order valence-electron chi connectivity index (χ0n) is 18.4. The van der Waals surface area contributed by atoms with Gasteiger partial charge in [-0.15, -0.1) is 0 Å². The van der Waals surface area contributed by atoms with Crippen LogP contribution >= 0.6 is 0 Å². The first-order valence-electron chi connectivity index (χ1n) is 9.98. The Morgan fingerprint density at radius 1 is 1.07 bits per heavy atom. The number of amides is 1. The largest absolute Gasteiger partial charge is 0.356 e. The number of nitrogens with zero attached hydrogens (tertiary/aromatic N) is 3. The zero-order chi connectivity index (χ0) is 22.1. The van der Waals surface area contributed by atoms with E-state index in [0.29, 0.717) is 24.6 Å². The molecule has 2 aromatic rings. The number of guanidine groups is 1. The third kappa shape index (κ3) is 6.84. The van der Waals surface area contributed by atoms with E-state index in [1.54, 1.807) is 38.2 Å².